The van der Waals surface area contributed by atoms with Crippen molar-refractivity contribution in [3.63, 3.8) is 0 Å². The maximum atomic E-state index is 3.59. The Kier molecular flexibility index (Phi) is 4.77. The first kappa shape index (κ1) is 17.2. The normalized spacial score (nSPS) is 20.0. The van der Waals surface area contributed by atoms with Crippen LogP contribution in [0.2, 0.25) is 0 Å². The lowest BCUT2D eigenvalue weighted by Gasteiger charge is -2.28. The van der Waals surface area contributed by atoms with Crippen LogP contribution in [0, 0.1) is 5.92 Å². The number of hydrogen-bond acceptors (Lipinski definition) is 3. The molecule has 3 nitrogen and oxygen atoms in total. The molecule has 1 heterocycles. The van der Waals surface area contributed by atoms with Crippen molar-refractivity contribution in [3.05, 3.63) is 65.1 Å². The van der Waals surface area contributed by atoms with Gasteiger partial charge in [-0.05, 0) is 44.6 Å². The van der Waals surface area contributed by atoms with Gasteiger partial charge in [-0.3, -0.25) is 0 Å². The number of fused-ring (bicyclic) bond motifs is 4. The van der Waals surface area contributed by atoms with E-state index in [1.54, 1.807) is 0 Å². The molecule has 3 aliphatic rings. The highest BCUT2D eigenvalue weighted by atomic mass is 32.2. The van der Waals surface area contributed by atoms with Crippen molar-refractivity contribution in [1.82, 2.24) is 5.43 Å². The molecule has 26 heavy (non-hydrogen) atoms. The van der Waals surface area contributed by atoms with Gasteiger partial charge in [-0.1, -0.05) is 46.8 Å². The van der Waals surface area contributed by atoms with Gasteiger partial charge < -0.3 is 4.90 Å². The molecule has 0 saturated heterocycles. The molecule has 1 aromatic rings. The van der Waals surface area contributed by atoms with Gasteiger partial charge >= 0.3 is 0 Å². The second-order valence-corrected chi connectivity index (χ2v) is 7.66. The van der Waals surface area contributed by atoms with E-state index in [1.165, 1.54) is 32.5 Å². The van der Waals surface area contributed by atoms with Crippen LogP contribution in [-0.2, 0) is 0 Å². The summed E-state index contributed by atoms with van der Waals surface area (Å²) in [5, 5.41) is 0. The molecule has 4 heteroatoms. The minimum Gasteiger partial charge on any atom is -0.372 e. The zero-order valence-corrected chi connectivity index (χ0v) is 16.5. The maximum Gasteiger partial charge on any atom is 0.249 e. The van der Waals surface area contributed by atoms with Crippen molar-refractivity contribution in [2.24, 2.45) is 5.92 Å². The summed E-state index contributed by atoms with van der Waals surface area (Å²) in [5.74, 6) is 0.321. The minimum absolute atomic E-state index is 0.321. The molecule has 2 aliphatic carbocycles. The molecular formula is C22H26N3S+. The van der Waals surface area contributed by atoms with Crippen LogP contribution in [0.3, 0.4) is 0 Å². The van der Waals surface area contributed by atoms with Crippen molar-refractivity contribution in [3.8, 4) is 0 Å². The summed E-state index contributed by atoms with van der Waals surface area (Å²) in [6.45, 7) is 9.54. The van der Waals surface area contributed by atoms with Crippen LogP contribution in [0.15, 0.2) is 70.0 Å². The van der Waals surface area contributed by atoms with Crippen LogP contribution in [0.25, 0.3) is 0 Å². The Morgan fingerprint density at radius 2 is 1.96 bits per heavy atom. The summed E-state index contributed by atoms with van der Waals surface area (Å²) in [6, 6.07) is 6.86. The summed E-state index contributed by atoms with van der Waals surface area (Å²) >= 11 is 1.89. The third kappa shape index (κ3) is 2.82. The van der Waals surface area contributed by atoms with Crippen molar-refractivity contribution < 1.29 is 4.68 Å². The van der Waals surface area contributed by atoms with E-state index >= 15 is 0 Å². The highest BCUT2D eigenvalue weighted by molar-refractivity contribution is 8.04. The largest absolute Gasteiger partial charge is 0.372 e. The van der Waals surface area contributed by atoms with E-state index in [2.05, 4.69) is 90.4 Å². The maximum absolute atomic E-state index is 3.59. The average molecular weight is 365 g/mol. The molecule has 0 aromatic heterocycles. The first-order chi connectivity index (χ1) is 12.8. The van der Waals surface area contributed by atoms with E-state index in [0.717, 1.165) is 19.6 Å². The van der Waals surface area contributed by atoms with Crippen LogP contribution < -0.4 is 10.3 Å². The predicted octanol–water partition coefficient (Wildman–Crippen LogP) is 4.81. The predicted molar refractivity (Wildman–Crippen MR) is 112 cm³/mol. The zero-order chi connectivity index (χ0) is 18.1. The molecule has 1 aliphatic heterocycles. The van der Waals surface area contributed by atoms with Crippen molar-refractivity contribution in [2.75, 3.05) is 24.5 Å². The first-order valence-electron chi connectivity index (χ1n) is 9.51. The number of hydrogen-bond donors (Lipinski definition) is 1. The second-order valence-electron chi connectivity index (χ2n) is 6.58. The number of nitrogens with zero attached hydrogens (tertiary/aromatic N) is 2. The van der Waals surface area contributed by atoms with Gasteiger partial charge in [-0.15, -0.1) is 0 Å². The molecule has 0 bridgehead atoms. The fourth-order valence-electron chi connectivity index (χ4n) is 3.84. The van der Waals surface area contributed by atoms with Crippen LogP contribution in [0.1, 0.15) is 20.8 Å². The Hall–Kier alpha value is -2.20. The van der Waals surface area contributed by atoms with E-state index in [0.29, 0.717) is 5.92 Å². The minimum atomic E-state index is 0.321. The van der Waals surface area contributed by atoms with Gasteiger partial charge in [0.05, 0.1) is 22.3 Å². The SMILES string of the molecule is CCN[N+]1=C2C(=CC=C3C=CC=CC32)Sc2cc(N(CC)CC)ccc21. The van der Waals surface area contributed by atoms with E-state index < -0.39 is 0 Å². The number of rotatable bonds is 5. The number of nitrogens with one attached hydrogen (secondary N) is 1. The van der Waals surface area contributed by atoms with E-state index in [4.69, 9.17) is 0 Å². The molecule has 0 saturated carbocycles. The summed E-state index contributed by atoms with van der Waals surface area (Å²) in [7, 11) is 0. The van der Waals surface area contributed by atoms with Crippen molar-refractivity contribution in [1.29, 1.82) is 0 Å². The third-order valence-corrected chi connectivity index (χ3v) is 6.24. The number of hydrazine groups is 1. The summed E-state index contributed by atoms with van der Waals surface area (Å²) < 4.78 is 2.31. The Labute approximate surface area is 160 Å². The molecule has 0 amide bonds. The van der Waals surface area contributed by atoms with Crippen molar-refractivity contribution in [2.45, 2.75) is 25.7 Å². The Bertz CT molecular complexity index is 869. The lowest BCUT2D eigenvalue weighted by molar-refractivity contribution is -0.510. The molecule has 1 N–H and O–H groups in total. The number of allylic oxidation sites excluding steroid dienone is 8. The fourth-order valence-corrected chi connectivity index (χ4v) is 4.98. The quantitative estimate of drug-likeness (QED) is 0.756. The Balaban J connectivity index is 1.85. The highest BCUT2D eigenvalue weighted by Crippen LogP contribution is 2.45. The zero-order valence-electron chi connectivity index (χ0n) is 15.7. The molecule has 0 spiro atoms. The number of benzene rings is 1. The van der Waals surface area contributed by atoms with Crippen LogP contribution in [0.4, 0.5) is 11.4 Å². The number of thioether (sulfide) groups is 1. The molecular weight excluding hydrogens is 338 g/mol. The van der Waals surface area contributed by atoms with E-state index in [1.807, 2.05) is 11.8 Å². The smallest absolute Gasteiger partial charge is 0.249 e. The topological polar surface area (TPSA) is 18.3 Å². The standard InChI is InChI=1S/C22H26N3S/c1-4-23-25-19-13-12-17(24(5-2)6-3)15-21(19)26-20-14-11-16-9-7-8-10-18(16)22(20)25/h7-15,18,23H,4-6H2,1-3H3/q+1. The molecule has 134 valence electrons. The van der Waals surface area contributed by atoms with Gasteiger partial charge in [-0.2, -0.15) is 5.43 Å². The fraction of sp³-hybridized carbons (Fsp3) is 0.318. The van der Waals surface area contributed by atoms with E-state index in [9.17, 15) is 0 Å². The van der Waals surface area contributed by atoms with Gasteiger partial charge in [0.2, 0.25) is 11.4 Å². The molecule has 0 radical (unpaired) electrons. The molecule has 1 aromatic carbocycles. The first-order valence-corrected chi connectivity index (χ1v) is 10.3. The Morgan fingerprint density at radius 3 is 2.73 bits per heavy atom. The van der Waals surface area contributed by atoms with Gasteiger partial charge in [0, 0.05) is 24.8 Å². The van der Waals surface area contributed by atoms with Crippen LogP contribution in [-0.4, -0.2) is 30.0 Å². The van der Waals surface area contributed by atoms with Gasteiger partial charge in [-0.25, -0.2) is 0 Å². The lowest BCUT2D eigenvalue weighted by Crippen LogP contribution is -2.38. The monoisotopic (exact) mass is 364 g/mol. The van der Waals surface area contributed by atoms with Gasteiger partial charge in [0.1, 0.15) is 0 Å². The van der Waals surface area contributed by atoms with Crippen LogP contribution in [0.5, 0.6) is 0 Å². The number of hydrazone groups is 1. The van der Waals surface area contributed by atoms with E-state index in [-0.39, 0.29) is 0 Å². The number of anilines is 1. The highest BCUT2D eigenvalue weighted by Gasteiger charge is 2.39. The second kappa shape index (κ2) is 7.20. The Morgan fingerprint density at radius 1 is 1.12 bits per heavy atom. The van der Waals surface area contributed by atoms with Gasteiger partial charge in [0.15, 0.2) is 0 Å². The molecule has 1 unspecified atom stereocenters. The van der Waals surface area contributed by atoms with Gasteiger partial charge in [0.25, 0.3) is 0 Å². The lowest BCUT2D eigenvalue weighted by atomic mass is 9.86. The third-order valence-electron chi connectivity index (χ3n) is 5.13. The summed E-state index contributed by atoms with van der Waals surface area (Å²) in [4.78, 5) is 5.06. The molecule has 4 rings (SSSR count). The average Bonchev–Trinajstić information content (AvgIpc) is 2.68. The molecule has 1 atom stereocenters. The summed E-state index contributed by atoms with van der Waals surface area (Å²) in [6.07, 6.45) is 13.3. The summed E-state index contributed by atoms with van der Waals surface area (Å²) in [5.41, 5.74) is 8.85. The van der Waals surface area contributed by atoms with Crippen molar-refractivity contribution >= 4 is 28.8 Å². The van der Waals surface area contributed by atoms with Crippen LogP contribution >= 0.6 is 11.8 Å². The molecule has 0 fully saturated rings.